The molecule has 23 heavy (non-hydrogen) atoms. The Hall–Kier alpha value is -0.880. The van der Waals surface area contributed by atoms with Gasteiger partial charge >= 0.3 is 0 Å². The summed E-state index contributed by atoms with van der Waals surface area (Å²) >= 11 is 11.8. The van der Waals surface area contributed by atoms with Crippen molar-refractivity contribution >= 4 is 29.1 Å². The molecule has 0 bridgehead atoms. The molecule has 0 unspecified atom stereocenters. The van der Waals surface area contributed by atoms with Crippen LogP contribution in [0.5, 0.6) is 0 Å². The van der Waals surface area contributed by atoms with Crippen LogP contribution in [0.2, 0.25) is 10.3 Å². The van der Waals surface area contributed by atoms with Crippen LogP contribution < -0.4 is 0 Å². The molecule has 0 spiro atoms. The highest BCUT2D eigenvalue weighted by Crippen LogP contribution is 2.16. The monoisotopic (exact) mass is 360 g/mol. The second kappa shape index (κ2) is 10.1. The van der Waals surface area contributed by atoms with E-state index in [1.807, 2.05) is 33.1 Å². The number of halogens is 2. The first-order valence-electron chi connectivity index (χ1n) is 7.71. The van der Waals surface area contributed by atoms with E-state index in [-0.39, 0.29) is 16.2 Å². The summed E-state index contributed by atoms with van der Waals surface area (Å²) in [4.78, 5) is 22.7. The Morgan fingerprint density at radius 3 is 1.74 bits per heavy atom. The topological polar surface area (TPSA) is 39.7 Å². The first-order chi connectivity index (χ1) is 10.8. The molecule has 130 valence electrons. The lowest BCUT2D eigenvalue weighted by atomic mass is 10.2. The molecule has 0 N–H and O–H groups in total. The van der Waals surface area contributed by atoms with Gasteiger partial charge in [0, 0.05) is 18.7 Å². The molecule has 0 aliphatic rings. The fourth-order valence-electron chi connectivity index (χ4n) is 2.24. The Morgan fingerprint density at radius 1 is 0.913 bits per heavy atom. The van der Waals surface area contributed by atoms with Gasteiger partial charge in [0.1, 0.15) is 10.3 Å². The molecular weight excluding hydrogens is 335 g/mol. The first-order valence-corrected chi connectivity index (χ1v) is 8.47. The van der Waals surface area contributed by atoms with Gasteiger partial charge < -0.3 is 14.7 Å². The summed E-state index contributed by atoms with van der Waals surface area (Å²) in [6, 6.07) is 3.14. The summed E-state index contributed by atoms with van der Waals surface area (Å²) in [7, 11) is 8.11. The maximum Gasteiger partial charge on any atom is 0.254 e. The SMILES string of the molecule is CN(C)CCCN(CCCN(C)C)C(=O)c1cc(Cl)nc(Cl)c1. The summed E-state index contributed by atoms with van der Waals surface area (Å²) in [6.07, 6.45) is 1.85. The third-order valence-electron chi connectivity index (χ3n) is 3.36. The molecule has 1 rings (SSSR count). The number of pyridine rings is 1. The summed E-state index contributed by atoms with van der Waals surface area (Å²) in [5.41, 5.74) is 0.490. The maximum atomic E-state index is 12.8. The minimum absolute atomic E-state index is 0.0475. The lowest BCUT2D eigenvalue weighted by Gasteiger charge is -2.24. The number of hydrogen-bond donors (Lipinski definition) is 0. The second-order valence-corrected chi connectivity index (χ2v) is 6.88. The molecule has 0 radical (unpaired) electrons. The lowest BCUT2D eigenvalue weighted by Crippen LogP contribution is -2.35. The van der Waals surface area contributed by atoms with Crippen LogP contribution in [-0.4, -0.2) is 80.0 Å². The Bertz CT molecular complexity index is 475. The quantitative estimate of drug-likeness (QED) is 0.634. The van der Waals surface area contributed by atoms with Crippen molar-refractivity contribution in [2.45, 2.75) is 12.8 Å². The molecule has 5 nitrogen and oxygen atoms in total. The number of carbonyl (C=O) groups is 1. The van der Waals surface area contributed by atoms with Crippen LogP contribution in [0.4, 0.5) is 0 Å². The smallest absolute Gasteiger partial charge is 0.254 e. The normalized spacial score (nSPS) is 11.3. The number of carbonyl (C=O) groups excluding carboxylic acids is 1. The average molecular weight is 361 g/mol. The van der Waals surface area contributed by atoms with E-state index in [9.17, 15) is 4.79 Å². The molecular formula is C16H26Cl2N4O. The van der Waals surface area contributed by atoms with E-state index in [0.29, 0.717) is 18.7 Å². The van der Waals surface area contributed by atoms with Crippen molar-refractivity contribution in [2.24, 2.45) is 0 Å². The van der Waals surface area contributed by atoms with Gasteiger partial charge in [0.15, 0.2) is 0 Å². The van der Waals surface area contributed by atoms with E-state index in [0.717, 1.165) is 25.9 Å². The van der Waals surface area contributed by atoms with E-state index in [1.165, 1.54) is 0 Å². The standard InChI is InChI=1S/C16H26Cl2N4O/c1-20(2)7-5-9-22(10-6-8-21(3)4)16(23)13-11-14(17)19-15(18)12-13/h11-12H,5-10H2,1-4H3. The van der Waals surface area contributed by atoms with Crippen LogP contribution >= 0.6 is 23.2 Å². The van der Waals surface area contributed by atoms with Crippen molar-refractivity contribution in [3.8, 4) is 0 Å². The number of rotatable bonds is 9. The fourth-order valence-corrected chi connectivity index (χ4v) is 2.70. The van der Waals surface area contributed by atoms with Crippen molar-refractivity contribution in [3.63, 3.8) is 0 Å². The third kappa shape index (κ3) is 7.97. The van der Waals surface area contributed by atoms with Gasteiger partial charge in [0.25, 0.3) is 5.91 Å². The van der Waals surface area contributed by atoms with E-state index in [1.54, 1.807) is 12.1 Å². The minimum atomic E-state index is -0.0475. The summed E-state index contributed by atoms with van der Waals surface area (Å²) in [5.74, 6) is -0.0475. The van der Waals surface area contributed by atoms with Crippen LogP contribution in [0.3, 0.4) is 0 Å². The molecule has 1 aromatic heterocycles. The molecule has 1 amide bonds. The Balaban J connectivity index is 2.76. The van der Waals surface area contributed by atoms with Gasteiger partial charge in [-0.1, -0.05) is 23.2 Å². The fraction of sp³-hybridized carbons (Fsp3) is 0.625. The van der Waals surface area contributed by atoms with Gasteiger partial charge in [-0.3, -0.25) is 4.79 Å². The van der Waals surface area contributed by atoms with Crippen molar-refractivity contribution < 1.29 is 4.79 Å². The van der Waals surface area contributed by atoms with Crippen LogP contribution in [0.15, 0.2) is 12.1 Å². The molecule has 0 aliphatic heterocycles. The zero-order chi connectivity index (χ0) is 17.4. The van der Waals surface area contributed by atoms with Crippen LogP contribution in [0.1, 0.15) is 23.2 Å². The summed E-state index contributed by atoms with van der Waals surface area (Å²) in [5, 5.41) is 0.477. The number of aromatic nitrogens is 1. The third-order valence-corrected chi connectivity index (χ3v) is 3.75. The van der Waals surface area contributed by atoms with Crippen molar-refractivity contribution in [3.05, 3.63) is 28.0 Å². The highest BCUT2D eigenvalue weighted by Gasteiger charge is 2.17. The Kier molecular flexibility index (Phi) is 8.84. The zero-order valence-electron chi connectivity index (χ0n) is 14.4. The van der Waals surface area contributed by atoms with Gasteiger partial charge in [0.05, 0.1) is 0 Å². The van der Waals surface area contributed by atoms with Gasteiger partial charge in [0.2, 0.25) is 0 Å². The molecule has 1 aromatic rings. The van der Waals surface area contributed by atoms with Gasteiger partial charge in [-0.25, -0.2) is 4.98 Å². The van der Waals surface area contributed by atoms with E-state index in [2.05, 4.69) is 14.8 Å². The molecule has 0 saturated carbocycles. The van der Waals surface area contributed by atoms with Crippen LogP contribution in [-0.2, 0) is 0 Å². The zero-order valence-corrected chi connectivity index (χ0v) is 15.9. The highest BCUT2D eigenvalue weighted by atomic mass is 35.5. The highest BCUT2D eigenvalue weighted by molar-refractivity contribution is 6.33. The molecule has 0 aromatic carbocycles. The summed E-state index contributed by atoms with van der Waals surface area (Å²) in [6.45, 7) is 3.30. The van der Waals surface area contributed by atoms with E-state index in [4.69, 9.17) is 23.2 Å². The lowest BCUT2D eigenvalue weighted by molar-refractivity contribution is 0.0744. The minimum Gasteiger partial charge on any atom is -0.339 e. The molecule has 0 saturated heterocycles. The molecule has 7 heteroatoms. The summed E-state index contributed by atoms with van der Waals surface area (Å²) < 4.78 is 0. The van der Waals surface area contributed by atoms with Crippen molar-refractivity contribution in [2.75, 3.05) is 54.4 Å². The van der Waals surface area contributed by atoms with E-state index >= 15 is 0 Å². The first kappa shape index (κ1) is 20.2. The van der Waals surface area contributed by atoms with E-state index < -0.39 is 0 Å². The average Bonchev–Trinajstić information content (AvgIpc) is 2.43. The maximum absolute atomic E-state index is 12.8. The number of nitrogens with zero attached hydrogens (tertiary/aromatic N) is 4. The molecule has 0 fully saturated rings. The molecule has 0 aliphatic carbocycles. The molecule has 0 atom stereocenters. The van der Waals surface area contributed by atoms with Crippen LogP contribution in [0, 0.1) is 0 Å². The number of amides is 1. The predicted molar refractivity (Wildman–Crippen MR) is 96.5 cm³/mol. The van der Waals surface area contributed by atoms with Crippen molar-refractivity contribution in [1.29, 1.82) is 0 Å². The van der Waals surface area contributed by atoms with Gasteiger partial charge in [-0.05, 0) is 66.3 Å². The second-order valence-electron chi connectivity index (χ2n) is 6.11. The number of hydrogen-bond acceptors (Lipinski definition) is 4. The van der Waals surface area contributed by atoms with Gasteiger partial charge in [-0.15, -0.1) is 0 Å². The molecule has 1 heterocycles. The van der Waals surface area contributed by atoms with Crippen molar-refractivity contribution in [1.82, 2.24) is 19.7 Å². The van der Waals surface area contributed by atoms with Crippen LogP contribution in [0.25, 0.3) is 0 Å². The largest absolute Gasteiger partial charge is 0.339 e. The predicted octanol–water partition coefficient (Wildman–Crippen LogP) is 2.73. The Morgan fingerprint density at radius 2 is 1.35 bits per heavy atom. The Labute approximate surface area is 149 Å². The van der Waals surface area contributed by atoms with Gasteiger partial charge in [-0.2, -0.15) is 0 Å².